The maximum Gasteiger partial charge on any atom is 0.416 e. The van der Waals surface area contributed by atoms with Gasteiger partial charge in [-0.15, -0.1) is 0 Å². The highest BCUT2D eigenvalue weighted by Crippen LogP contribution is 2.34. The van der Waals surface area contributed by atoms with Crippen molar-refractivity contribution in [1.29, 1.82) is 0 Å². The van der Waals surface area contributed by atoms with E-state index in [1.54, 1.807) is 32.0 Å². The van der Waals surface area contributed by atoms with Crippen LogP contribution in [-0.4, -0.2) is 24.9 Å². The van der Waals surface area contributed by atoms with Crippen molar-refractivity contribution in [3.05, 3.63) is 58.6 Å². The number of alkyl halides is 3. The van der Waals surface area contributed by atoms with E-state index in [-0.39, 0.29) is 22.5 Å². The van der Waals surface area contributed by atoms with Gasteiger partial charge in [0.2, 0.25) is 5.91 Å². The lowest BCUT2D eigenvalue weighted by atomic mass is 10.0. The minimum atomic E-state index is -4.51. The third-order valence-electron chi connectivity index (χ3n) is 4.18. The molecule has 0 unspecified atom stereocenters. The highest BCUT2D eigenvalue weighted by Gasteiger charge is 2.31. The van der Waals surface area contributed by atoms with Crippen molar-refractivity contribution in [3.63, 3.8) is 0 Å². The summed E-state index contributed by atoms with van der Waals surface area (Å²) in [7, 11) is 1.50. The number of hydrogen-bond donors (Lipinski definition) is 3. The zero-order valence-electron chi connectivity index (χ0n) is 16.0. The summed E-state index contributed by atoms with van der Waals surface area (Å²) in [5.74, 6) is -0.906. The zero-order chi connectivity index (χ0) is 21.8. The maximum atomic E-state index is 12.8. The van der Waals surface area contributed by atoms with Crippen molar-refractivity contribution in [3.8, 4) is 0 Å². The van der Waals surface area contributed by atoms with Gasteiger partial charge in [0.1, 0.15) is 6.04 Å². The normalized spacial score (nSPS) is 12.4. The lowest BCUT2D eigenvalue weighted by Crippen LogP contribution is -2.39. The van der Waals surface area contributed by atoms with E-state index in [0.29, 0.717) is 11.3 Å². The monoisotopic (exact) mass is 427 g/mol. The average Bonchev–Trinajstić information content (AvgIpc) is 2.65. The van der Waals surface area contributed by atoms with Crippen LogP contribution in [0.5, 0.6) is 0 Å². The second kappa shape index (κ2) is 9.17. The van der Waals surface area contributed by atoms with Crippen LogP contribution in [0.4, 0.5) is 24.5 Å². The quantitative estimate of drug-likeness (QED) is 0.620. The molecule has 0 saturated heterocycles. The van der Waals surface area contributed by atoms with Crippen LogP contribution in [0.15, 0.2) is 42.5 Å². The van der Waals surface area contributed by atoms with Crippen molar-refractivity contribution < 1.29 is 22.8 Å². The Morgan fingerprint density at radius 2 is 1.76 bits per heavy atom. The molecule has 0 aromatic heterocycles. The SMILES string of the molecule is CNC(=O)c1cccc(NC(=O)[C@@H](Nc2ccc(C(F)(F)F)cc2Cl)C(C)C)c1. The van der Waals surface area contributed by atoms with E-state index < -0.39 is 23.7 Å². The van der Waals surface area contributed by atoms with Crippen molar-refractivity contribution in [1.82, 2.24) is 5.32 Å². The summed E-state index contributed by atoms with van der Waals surface area (Å²) in [6, 6.07) is 8.53. The van der Waals surface area contributed by atoms with Crippen LogP contribution < -0.4 is 16.0 Å². The van der Waals surface area contributed by atoms with Gasteiger partial charge >= 0.3 is 6.18 Å². The van der Waals surface area contributed by atoms with Gasteiger partial charge in [-0.25, -0.2) is 0 Å². The first-order valence-corrected chi connectivity index (χ1v) is 9.17. The minimum Gasteiger partial charge on any atom is -0.372 e. The Kier molecular flexibility index (Phi) is 7.13. The molecular formula is C20H21ClF3N3O2. The first-order chi connectivity index (χ1) is 13.5. The summed E-state index contributed by atoms with van der Waals surface area (Å²) in [5, 5.41) is 7.98. The molecule has 1 atom stereocenters. The second-order valence-electron chi connectivity index (χ2n) is 6.71. The molecule has 0 radical (unpaired) electrons. The van der Waals surface area contributed by atoms with Crippen LogP contribution in [0.2, 0.25) is 5.02 Å². The van der Waals surface area contributed by atoms with Crippen LogP contribution in [0.3, 0.4) is 0 Å². The number of nitrogens with one attached hydrogen (secondary N) is 3. The molecular weight excluding hydrogens is 407 g/mol. The fourth-order valence-corrected chi connectivity index (χ4v) is 2.85. The first-order valence-electron chi connectivity index (χ1n) is 8.79. The Hall–Kier alpha value is -2.74. The smallest absolute Gasteiger partial charge is 0.372 e. The molecule has 2 rings (SSSR count). The lowest BCUT2D eigenvalue weighted by molar-refractivity contribution is -0.137. The van der Waals surface area contributed by atoms with Gasteiger partial charge in [0.05, 0.1) is 16.3 Å². The molecule has 0 saturated carbocycles. The van der Waals surface area contributed by atoms with Crippen LogP contribution in [-0.2, 0) is 11.0 Å². The summed E-state index contributed by atoms with van der Waals surface area (Å²) < 4.78 is 38.4. The van der Waals surface area contributed by atoms with Crippen LogP contribution in [0, 0.1) is 5.92 Å². The number of carbonyl (C=O) groups excluding carboxylic acids is 2. The van der Waals surface area contributed by atoms with Gasteiger partial charge in [0.15, 0.2) is 0 Å². The molecule has 0 aliphatic rings. The summed E-state index contributed by atoms with van der Waals surface area (Å²) in [6.07, 6.45) is -4.51. The molecule has 0 fully saturated rings. The first kappa shape index (κ1) is 22.5. The van der Waals surface area contributed by atoms with Gasteiger partial charge in [-0.2, -0.15) is 13.2 Å². The van der Waals surface area contributed by atoms with Gasteiger partial charge in [0, 0.05) is 18.3 Å². The molecule has 3 N–H and O–H groups in total. The molecule has 2 aromatic rings. The van der Waals surface area contributed by atoms with Crippen LogP contribution in [0.1, 0.15) is 29.8 Å². The number of carbonyl (C=O) groups is 2. The Labute approximate surface area is 171 Å². The average molecular weight is 428 g/mol. The zero-order valence-corrected chi connectivity index (χ0v) is 16.8. The second-order valence-corrected chi connectivity index (χ2v) is 7.11. The number of amides is 2. The molecule has 5 nitrogen and oxygen atoms in total. The van der Waals surface area contributed by atoms with E-state index in [0.717, 1.165) is 12.1 Å². The van der Waals surface area contributed by atoms with Crippen LogP contribution >= 0.6 is 11.6 Å². The Bertz CT molecular complexity index is 901. The molecule has 0 aliphatic heterocycles. The molecule has 0 heterocycles. The standard InChI is InChI=1S/C20H21ClF3N3O2/c1-11(2)17(27-16-8-7-13(10-15(16)21)20(22,23)24)19(29)26-14-6-4-5-12(9-14)18(28)25-3/h4-11,17,27H,1-3H3,(H,25,28)(H,26,29)/t17-/m0/s1. The van der Waals surface area contributed by atoms with Crippen molar-refractivity contribution in [2.45, 2.75) is 26.1 Å². The Morgan fingerprint density at radius 3 is 2.31 bits per heavy atom. The molecule has 2 amide bonds. The van der Waals surface area contributed by atoms with Gasteiger partial charge in [0.25, 0.3) is 5.91 Å². The van der Waals surface area contributed by atoms with Crippen LogP contribution in [0.25, 0.3) is 0 Å². The van der Waals surface area contributed by atoms with Crippen molar-refractivity contribution in [2.24, 2.45) is 5.92 Å². The van der Waals surface area contributed by atoms with Gasteiger partial charge < -0.3 is 16.0 Å². The Morgan fingerprint density at radius 1 is 1.07 bits per heavy atom. The van der Waals surface area contributed by atoms with Crippen molar-refractivity contribution in [2.75, 3.05) is 17.7 Å². The van der Waals surface area contributed by atoms with E-state index in [1.807, 2.05) is 0 Å². The minimum absolute atomic E-state index is 0.139. The third kappa shape index (κ3) is 5.87. The predicted molar refractivity (Wildman–Crippen MR) is 107 cm³/mol. The summed E-state index contributed by atoms with van der Waals surface area (Å²) >= 11 is 5.98. The number of rotatable bonds is 6. The number of hydrogen-bond acceptors (Lipinski definition) is 3. The van der Waals surface area contributed by atoms with E-state index in [9.17, 15) is 22.8 Å². The molecule has 29 heavy (non-hydrogen) atoms. The lowest BCUT2D eigenvalue weighted by Gasteiger charge is -2.24. The Balaban J connectivity index is 2.20. The number of halogens is 4. The highest BCUT2D eigenvalue weighted by atomic mass is 35.5. The fraction of sp³-hybridized carbons (Fsp3) is 0.300. The van der Waals surface area contributed by atoms with E-state index in [2.05, 4.69) is 16.0 Å². The molecule has 9 heteroatoms. The van der Waals surface area contributed by atoms with Gasteiger partial charge in [-0.1, -0.05) is 31.5 Å². The van der Waals surface area contributed by atoms with E-state index in [4.69, 9.17) is 11.6 Å². The predicted octanol–water partition coefficient (Wildman–Crippen LogP) is 4.79. The number of benzene rings is 2. The summed E-state index contributed by atoms with van der Waals surface area (Å²) in [6.45, 7) is 3.58. The number of anilines is 2. The largest absolute Gasteiger partial charge is 0.416 e. The van der Waals surface area contributed by atoms with Gasteiger partial charge in [-0.3, -0.25) is 9.59 Å². The molecule has 156 valence electrons. The van der Waals surface area contributed by atoms with E-state index >= 15 is 0 Å². The molecule has 2 aromatic carbocycles. The van der Waals surface area contributed by atoms with Gasteiger partial charge in [-0.05, 0) is 42.3 Å². The molecule has 0 aliphatic carbocycles. The third-order valence-corrected chi connectivity index (χ3v) is 4.49. The molecule has 0 bridgehead atoms. The fourth-order valence-electron chi connectivity index (χ4n) is 2.61. The maximum absolute atomic E-state index is 12.8. The summed E-state index contributed by atoms with van der Waals surface area (Å²) in [4.78, 5) is 24.5. The van der Waals surface area contributed by atoms with E-state index in [1.165, 1.54) is 19.2 Å². The summed E-state index contributed by atoms with van der Waals surface area (Å²) in [5.41, 5.74) is 0.143. The topological polar surface area (TPSA) is 70.2 Å². The highest BCUT2D eigenvalue weighted by molar-refractivity contribution is 6.33. The molecule has 0 spiro atoms. The van der Waals surface area contributed by atoms with Crippen molar-refractivity contribution >= 4 is 34.8 Å².